The minimum absolute atomic E-state index is 0.0235. The lowest BCUT2D eigenvalue weighted by atomic mass is 9.50. The quantitative estimate of drug-likeness (QED) is 0.585. The van der Waals surface area contributed by atoms with Gasteiger partial charge in [0, 0.05) is 23.8 Å². The number of rotatable bonds is 4. The van der Waals surface area contributed by atoms with Gasteiger partial charge >= 0.3 is 0 Å². The van der Waals surface area contributed by atoms with Gasteiger partial charge in [0.1, 0.15) is 11.5 Å². The second kappa shape index (κ2) is 9.29. The molecule has 6 heteroatoms. The van der Waals surface area contributed by atoms with Crippen LogP contribution in [0, 0.1) is 18.8 Å². The van der Waals surface area contributed by atoms with E-state index in [1.807, 2.05) is 20.9 Å². The number of phenols is 1. The van der Waals surface area contributed by atoms with Crippen molar-refractivity contribution in [3.05, 3.63) is 28.8 Å². The fourth-order valence-corrected chi connectivity index (χ4v) is 6.03. The maximum Gasteiger partial charge on any atom is 0.252 e. The molecule has 172 valence electrons. The molecule has 6 nitrogen and oxygen atoms in total. The summed E-state index contributed by atoms with van der Waals surface area (Å²) in [6.07, 6.45) is 7.72. The van der Waals surface area contributed by atoms with E-state index >= 15 is 0 Å². The van der Waals surface area contributed by atoms with Crippen LogP contribution in [0.1, 0.15) is 86.2 Å². The zero-order valence-electron chi connectivity index (χ0n) is 19.2. The second-order valence-corrected chi connectivity index (χ2v) is 9.89. The van der Waals surface area contributed by atoms with Gasteiger partial charge in [-0.25, -0.2) is 0 Å². The summed E-state index contributed by atoms with van der Waals surface area (Å²) >= 11 is 0. The van der Waals surface area contributed by atoms with Gasteiger partial charge in [0.15, 0.2) is 0 Å². The molecule has 3 aliphatic rings. The van der Waals surface area contributed by atoms with Crippen molar-refractivity contribution in [2.24, 2.45) is 17.6 Å². The van der Waals surface area contributed by atoms with Crippen molar-refractivity contribution in [2.45, 2.75) is 82.7 Å². The molecule has 31 heavy (non-hydrogen) atoms. The third-order valence-electron chi connectivity index (χ3n) is 8.02. The average molecular weight is 431 g/mol. The maximum atomic E-state index is 12.3. The van der Waals surface area contributed by atoms with E-state index in [2.05, 4.69) is 5.32 Å². The Balaban J connectivity index is 0.000000330. The van der Waals surface area contributed by atoms with Crippen LogP contribution in [-0.4, -0.2) is 41.1 Å². The van der Waals surface area contributed by atoms with Crippen LogP contribution in [0.15, 0.2) is 12.1 Å². The number of primary amides is 1. The van der Waals surface area contributed by atoms with Crippen LogP contribution in [-0.2, 0) is 10.2 Å². The Morgan fingerprint density at radius 3 is 2.48 bits per heavy atom. The largest absolute Gasteiger partial charge is 0.507 e. The van der Waals surface area contributed by atoms with Crippen LogP contribution in [0.5, 0.6) is 5.75 Å². The van der Waals surface area contributed by atoms with Crippen molar-refractivity contribution in [1.29, 1.82) is 0 Å². The third-order valence-corrected chi connectivity index (χ3v) is 8.02. The lowest BCUT2D eigenvalue weighted by Crippen LogP contribution is -2.61. The predicted octanol–water partition coefficient (Wildman–Crippen LogP) is 3.35. The molecule has 3 fully saturated rings. The number of carbonyl (C=O) groups excluding carboxylic acids is 2. The summed E-state index contributed by atoms with van der Waals surface area (Å²) in [5.74, 6) is 0.252. The molecule has 0 bridgehead atoms. The number of Topliss-reactive ketones (excluding diaryl/α,β-unsaturated/α-hetero) is 1. The summed E-state index contributed by atoms with van der Waals surface area (Å²) in [4.78, 5) is 24.0. The third kappa shape index (κ3) is 4.24. The van der Waals surface area contributed by atoms with E-state index in [4.69, 9.17) is 5.73 Å². The molecule has 3 atom stereocenters. The first kappa shape index (κ1) is 23.7. The number of fused-ring (bicyclic) bond motifs is 1. The number of hydrogen-bond donors (Lipinski definition) is 4. The van der Waals surface area contributed by atoms with Gasteiger partial charge in [-0.1, -0.05) is 25.8 Å². The normalized spacial score (nSPS) is 30.6. The SMILES string of the molecule is CNCC1CCC1.Cc1ccc(C(N)=O)c(O)c1[C@]12CCC[C@H](C)[C@]1(O)CCC(=O)C2. The van der Waals surface area contributed by atoms with E-state index in [0.717, 1.165) is 24.3 Å². The van der Waals surface area contributed by atoms with Gasteiger partial charge in [0.25, 0.3) is 5.91 Å². The van der Waals surface area contributed by atoms with Gasteiger partial charge < -0.3 is 21.3 Å². The second-order valence-electron chi connectivity index (χ2n) is 9.89. The van der Waals surface area contributed by atoms with Crippen LogP contribution in [0.25, 0.3) is 0 Å². The first-order valence-corrected chi connectivity index (χ1v) is 11.7. The van der Waals surface area contributed by atoms with Crippen molar-refractivity contribution >= 4 is 11.7 Å². The summed E-state index contributed by atoms with van der Waals surface area (Å²) in [5, 5.41) is 25.5. The standard InChI is InChI=1S/C19H25NO4.C6H13N/c1-11-5-6-14(17(20)23)16(22)15(11)18-8-3-4-12(2)19(18,24)9-7-13(21)10-18;1-7-5-6-3-2-4-6/h5-6,12,22,24H,3-4,7-10H2,1-2H3,(H2,20,23);6-7H,2-5H2,1H3/t12-,18+,19+;/m0./s1. The Labute approximate surface area is 185 Å². The highest BCUT2D eigenvalue weighted by molar-refractivity contribution is 5.96. The van der Waals surface area contributed by atoms with E-state index in [0.29, 0.717) is 24.8 Å². The number of ketones is 1. The van der Waals surface area contributed by atoms with Crippen LogP contribution in [0.2, 0.25) is 0 Å². The number of carbonyl (C=O) groups is 2. The Hall–Kier alpha value is -1.92. The highest BCUT2D eigenvalue weighted by Gasteiger charge is 2.60. The lowest BCUT2D eigenvalue weighted by Gasteiger charge is -2.57. The first-order chi connectivity index (χ1) is 14.7. The van der Waals surface area contributed by atoms with E-state index < -0.39 is 16.9 Å². The lowest BCUT2D eigenvalue weighted by molar-refractivity contribution is -0.153. The summed E-state index contributed by atoms with van der Waals surface area (Å²) in [5.41, 5.74) is 4.83. The van der Waals surface area contributed by atoms with Crippen molar-refractivity contribution < 1.29 is 19.8 Å². The molecule has 5 N–H and O–H groups in total. The summed E-state index contributed by atoms with van der Waals surface area (Å²) in [6, 6.07) is 3.24. The Morgan fingerprint density at radius 1 is 1.23 bits per heavy atom. The molecule has 1 aromatic rings. The Bertz CT molecular complexity index is 835. The van der Waals surface area contributed by atoms with E-state index in [9.17, 15) is 19.8 Å². The predicted molar refractivity (Wildman–Crippen MR) is 121 cm³/mol. The van der Waals surface area contributed by atoms with Gasteiger partial charge in [-0.2, -0.15) is 0 Å². The molecule has 0 spiro atoms. The minimum Gasteiger partial charge on any atom is -0.507 e. The molecule has 0 radical (unpaired) electrons. The van der Waals surface area contributed by atoms with Gasteiger partial charge in [-0.15, -0.1) is 0 Å². The molecule has 0 aromatic heterocycles. The summed E-state index contributed by atoms with van der Waals surface area (Å²) < 4.78 is 0. The van der Waals surface area contributed by atoms with Crippen molar-refractivity contribution in [1.82, 2.24) is 5.32 Å². The number of hydrogen-bond acceptors (Lipinski definition) is 5. The Kier molecular flexibility index (Phi) is 7.11. The van der Waals surface area contributed by atoms with Crippen LogP contribution in [0.3, 0.4) is 0 Å². The zero-order valence-corrected chi connectivity index (χ0v) is 19.2. The number of aryl methyl sites for hydroxylation is 1. The van der Waals surface area contributed by atoms with Gasteiger partial charge in [0.2, 0.25) is 0 Å². The molecular formula is C25H38N2O4. The van der Waals surface area contributed by atoms with Crippen molar-refractivity contribution in [3.8, 4) is 5.75 Å². The number of aliphatic hydroxyl groups is 1. The molecule has 3 saturated carbocycles. The van der Waals surface area contributed by atoms with Gasteiger partial charge in [0.05, 0.1) is 11.2 Å². The van der Waals surface area contributed by atoms with E-state index in [-0.39, 0.29) is 29.4 Å². The molecule has 0 heterocycles. The summed E-state index contributed by atoms with van der Waals surface area (Å²) in [6.45, 7) is 5.08. The van der Waals surface area contributed by atoms with Crippen molar-refractivity contribution in [3.63, 3.8) is 0 Å². The van der Waals surface area contributed by atoms with Gasteiger partial charge in [-0.05, 0) is 76.1 Å². The molecule has 1 amide bonds. The number of nitrogens with two attached hydrogens (primary N) is 1. The van der Waals surface area contributed by atoms with E-state index in [1.165, 1.54) is 31.9 Å². The molecule has 0 unspecified atom stereocenters. The van der Waals surface area contributed by atoms with Crippen molar-refractivity contribution in [2.75, 3.05) is 13.6 Å². The van der Waals surface area contributed by atoms with E-state index in [1.54, 1.807) is 6.07 Å². The number of nitrogens with one attached hydrogen (secondary N) is 1. The smallest absolute Gasteiger partial charge is 0.252 e. The van der Waals surface area contributed by atoms with Crippen LogP contribution in [0.4, 0.5) is 0 Å². The molecule has 1 aromatic carbocycles. The monoisotopic (exact) mass is 430 g/mol. The number of aromatic hydroxyl groups is 1. The van der Waals surface area contributed by atoms with Crippen LogP contribution < -0.4 is 11.1 Å². The first-order valence-electron chi connectivity index (χ1n) is 11.7. The minimum atomic E-state index is -1.06. The maximum absolute atomic E-state index is 12.3. The average Bonchev–Trinajstić information content (AvgIpc) is 2.67. The molecule has 0 saturated heterocycles. The Morgan fingerprint density at radius 2 is 1.94 bits per heavy atom. The number of benzene rings is 1. The highest BCUT2D eigenvalue weighted by atomic mass is 16.3. The molecule has 3 aliphatic carbocycles. The zero-order chi connectivity index (χ0) is 22.8. The van der Waals surface area contributed by atoms with Gasteiger partial charge in [-0.3, -0.25) is 9.59 Å². The fraction of sp³-hybridized carbons (Fsp3) is 0.680. The fourth-order valence-electron chi connectivity index (χ4n) is 6.03. The summed E-state index contributed by atoms with van der Waals surface area (Å²) in [7, 11) is 2.03. The molecule has 0 aliphatic heterocycles. The highest BCUT2D eigenvalue weighted by Crippen LogP contribution is 2.58. The molecule has 4 rings (SSSR count). The van der Waals surface area contributed by atoms with Crippen LogP contribution >= 0.6 is 0 Å². The topological polar surface area (TPSA) is 113 Å². The number of amides is 1. The molecular weight excluding hydrogens is 392 g/mol.